The number of phenolic OH excluding ortho intramolecular Hbond substituents is 1. The van der Waals surface area contributed by atoms with Crippen molar-refractivity contribution in [1.82, 2.24) is 5.32 Å². The summed E-state index contributed by atoms with van der Waals surface area (Å²) in [6.07, 6.45) is 1.26. The molecule has 2 N–H and O–H groups in total. The molecule has 2 amide bonds. The van der Waals surface area contributed by atoms with Gasteiger partial charge in [-0.15, -0.1) is 0 Å². The summed E-state index contributed by atoms with van der Waals surface area (Å²) in [4.78, 5) is 27.1. The van der Waals surface area contributed by atoms with Gasteiger partial charge in [0.15, 0.2) is 5.11 Å². The van der Waals surface area contributed by atoms with Crippen molar-refractivity contribution in [2.24, 2.45) is 0 Å². The normalized spacial score (nSPS) is 14.7. The topological polar surface area (TPSA) is 97.3 Å². The average molecular weight is 477 g/mol. The number of rotatable bonds is 6. The van der Waals surface area contributed by atoms with Gasteiger partial charge in [0.05, 0.1) is 25.5 Å². The minimum atomic E-state index is -0.687. The number of para-hydroxylation sites is 1. The second-order valence-electron chi connectivity index (χ2n) is 7.13. The van der Waals surface area contributed by atoms with E-state index >= 15 is 0 Å². The number of thiocarbonyl (C=S) groups is 1. The van der Waals surface area contributed by atoms with E-state index < -0.39 is 11.8 Å². The van der Waals surface area contributed by atoms with Gasteiger partial charge in [0.25, 0.3) is 11.8 Å². The molecule has 1 heterocycles. The van der Waals surface area contributed by atoms with Gasteiger partial charge < -0.3 is 19.3 Å². The van der Waals surface area contributed by atoms with E-state index in [1.807, 2.05) is 30.3 Å². The fourth-order valence-corrected chi connectivity index (χ4v) is 3.62. The molecular weight excluding hydrogens is 456 g/mol. The smallest absolute Gasteiger partial charge is 0.270 e. The number of methoxy groups -OCH3 is 2. The first kappa shape index (κ1) is 22.8. The number of benzene rings is 3. The molecule has 8 nitrogen and oxygen atoms in total. The van der Waals surface area contributed by atoms with Crippen LogP contribution in [0.15, 0.2) is 72.3 Å². The minimum absolute atomic E-state index is 0.0604. The molecule has 1 aliphatic rings. The van der Waals surface area contributed by atoms with E-state index in [2.05, 4.69) is 5.32 Å². The van der Waals surface area contributed by atoms with Gasteiger partial charge >= 0.3 is 0 Å². The van der Waals surface area contributed by atoms with Crippen molar-refractivity contribution >= 4 is 40.9 Å². The SMILES string of the molecule is COc1cc(O)c(C=C2C(=O)NC(=S)N(c3ccc(Oc4ccccc4)cc3)C2=O)c(OC)c1. The Bertz CT molecular complexity index is 1290. The second-order valence-corrected chi connectivity index (χ2v) is 7.52. The molecule has 34 heavy (non-hydrogen) atoms. The number of amides is 2. The molecule has 0 bridgehead atoms. The molecule has 3 aromatic rings. The van der Waals surface area contributed by atoms with Gasteiger partial charge in [-0.25, -0.2) is 0 Å². The average Bonchev–Trinajstić information content (AvgIpc) is 2.83. The lowest BCUT2D eigenvalue weighted by Crippen LogP contribution is -2.54. The maximum atomic E-state index is 13.3. The van der Waals surface area contributed by atoms with Gasteiger partial charge in [-0.3, -0.25) is 19.8 Å². The number of ether oxygens (including phenoxy) is 3. The second kappa shape index (κ2) is 9.63. The molecule has 0 atom stereocenters. The van der Waals surface area contributed by atoms with Gasteiger partial charge in [-0.1, -0.05) is 18.2 Å². The molecule has 0 unspecified atom stereocenters. The highest BCUT2D eigenvalue weighted by molar-refractivity contribution is 7.80. The predicted molar refractivity (Wildman–Crippen MR) is 130 cm³/mol. The fraction of sp³-hybridized carbons (Fsp3) is 0.0800. The van der Waals surface area contributed by atoms with Crippen LogP contribution >= 0.6 is 12.2 Å². The van der Waals surface area contributed by atoms with E-state index in [0.29, 0.717) is 22.9 Å². The van der Waals surface area contributed by atoms with Crippen molar-refractivity contribution in [3.05, 3.63) is 77.9 Å². The molecule has 0 spiro atoms. The zero-order chi connectivity index (χ0) is 24.2. The van der Waals surface area contributed by atoms with Crippen LogP contribution in [0.5, 0.6) is 28.7 Å². The number of phenols is 1. The monoisotopic (exact) mass is 476 g/mol. The quantitative estimate of drug-likeness (QED) is 0.315. The number of anilines is 1. The van der Waals surface area contributed by atoms with Crippen LogP contribution in [0.4, 0.5) is 5.69 Å². The zero-order valence-corrected chi connectivity index (χ0v) is 19.1. The Hall–Kier alpha value is -4.37. The van der Waals surface area contributed by atoms with Gasteiger partial charge in [0, 0.05) is 12.1 Å². The Morgan fingerprint density at radius 2 is 1.59 bits per heavy atom. The maximum Gasteiger partial charge on any atom is 0.270 e. The van der Waals surface area contributed by atoms with E-state index in [9.17, 15) is 14.7 Å². The molecule has 1 fully saturated rings. The Morgan fingerprint density at radius 1 is 0.912 bits per heavy atom. The molecule has 172 valence electrons. The lowest BCUT2D eigenvalue weighted by Gasteiger charge is -2.29. The minimum Gasteiger partial charge on any atom is -0.507 e. The summed E-state index contributed by atoms with van der Waals surface area (Å²) in [5.41, 5.74) is 0.366. The van der Waals surface area contributed by atoms with Crippen LogP contribution < -0.4 is 24.4 Å². The number of nitrogens with zero attached hydrogens (tertiary/aromatic N) is 1. The third kappa shape index (κ3) is 4.55. The first-order valence-corrected chi connectivity index (χ1v) is 10.5. The third-order valence-electron chi connectivity index (χ3n) is 5.01. The number of carbonyl (C=O) groups is 2. The lowest BCUT2D eigenvalue weighted by molar-refractivity contribution is -0.122. The summed E-state index contributed by atoms with van der Waals surface area (Å²) in [5.74, 6) is 0.272. The molecule has 1 saturated heterocycles. The molecule has 0 aromatic heterocycles. The van der Waals surface area contributed by atoms with Gasteiger partial charge in [-0.2, -0.15) is 0 Å². The molecule has 9 heteroatoms. The van der Waals surface area contributed by atoms with Crippen molar-refractivity contribution in [2.75, 3.05) is 19.1 Å². The Morgan fingerprint density at radius 3 is 2.24 bits per heavy atom. The standard InChI is InChI=1S/C25H20N2O6S/c1-31-18-12-21(28)19(22(13-18)32-2)14-20-23(29)26-25(34)27(24(20)30)15-8-10-17(11-9-15)33-16-6-4-3-5-7-16/h3-14,28H,1-2H3,(H,26,29,34). The van der Waals surface area contributed by atoms with E-state index in [-0.39, 0.29) is 27.7 Å². The Labute approximate surface area is 201 Å². The van der Waals surface area contributed by atoms with Crippen molar-refractivity contribution in [3.8, 4) is 28.7 Å². The van der Waals surface area contributed by atoms with Crippen molar-refractivity contribution in [2.45, 2.75) is 0 Å². The van der Waals surface area contributed by atoms with E-state index in [0.717, 1.165) is 0 Å². The Balaban J connectivity index is 1.65. The van der Waals surface area contributed by atoms with Crippen LogP contribution in [-0.4, -0.2) is 36.3 Å². The third-order valence-corrected chi connectivity index (χ3v) is 5.30. The summed E-state index contributed by atoms with van der Waals surface area (Å²) >= 11 is 5.25. The number of carbonyl (C=O) groups excluding carboxylic acids is 2. The largest absolute Gasteiger partial charge is 0.507 e. The van der Waals surface area contributed by atoms with E-state index in [1.54, 1.807) is 24.3 Å². The maximum absolute atomic E-state index is 13.3. The molecule has 0 aliphatic carbocycles. The number of hydrogen-bond donors (Lipinski definition) is 2. The molecule has 0 radical (unpaired) electrons. The van der Waals surface area contributed by atoms with Crippen LogP contribution in [0.25, 0.3) is 6.08 Å². The highest BCUT2D eigenvalue weighted by atomic mass is 32.1. The van der Waals surface area contributed by atoms with Crippen LogP contribution in [0.2, 0.25) is 0 Å². The molecule has 3 aromatic carbocycles. The van der Waals surface area contributed by atoms with Crippen LogP contribution in [-0.2, 0) is 9.59 Å². The highest BCUT2D eigenvalue weighted by Gasteiger charge is 2.35. The molecule has 4 rings (SSSR count). The molecular formula is C25H20N2O6S. The number of hydrogen-bond acceptors (Lipinski definition) is 7. The molecule has 0 saturated carbocycles. The number of aromatic hydroxyl groups is 1. The summed E-state index contributed by atoms with van der Waals surface area (Å²) < 4.78 is 16.2. The first-order chi connectivity index (χ1) is 16.4. The number of nitrogens with one attached hydrogen (secondary N) is 1. The van der Waals surface area contributed by atoms with Crippen LogP contribution in [0.1, 0.15) is 5.56 Å². The van der Waals surface area contributed by atoms with E-state index in [1.165, 1.54) is 37.3 Å². The predicted octanol–water partition coefficient (Wildman–Crippen LogP) is 4.03. The van der Waals surface area contributed by atoms with Crippen molar-refractivity contribution in [3.63, 3.8) is 0 Å². The molecule has 1 aliphatic heterocycles. The summed E-state index contributed by atoms with van der Waals surface area (Å²) in [7, 11) is 2.85. The van der Waals surface area contributed by atoms with Gasteiger partial charge in [0.2, 0.25) is 0 Å². The lowest BCUT2D eigenvalue weighted by atomic mass is 10.0. The van der Waals surface area contributed by atoms with Crippen molar-refractivity contribution < 1.29 is 28.9 Å². The summed E-state index contributed by atoms with van der Waals surface area (Å²) in [5, 5.41) is 12.9. The highest BCUT2D eigenvalue weighted by Crippen LogP contribution is 2.36. The van der Waals surface area contributed by atoms with Gasteiger partial charge in [-0.05, 0) is 54.7 Å². The van der Waals surface area contributed by atoms with E-state index in [4.69, 9.17) is 26.4 Å². The first-order valence-electron chi connectivity index (χ1n) is 10.1. The van der Waals surface area contributed by atoms with Gasteiger partial charge in [0.1, 0.15) is 34.3 Å². The Kier molecular flexibility index (Phi) is 6.46. The summed E-state index contributed by atoms with van der Waals surface area (Å²) in [6.45, 7) is 0. The van der Waals surface area contributed by atoms with Crippen LogP contribution in [0, 0.1) is 0 Å². The fourth-order valence-electron chi connectivity index (χ4n) is 3.34. The summed E-state index contributed by atoms with van der Waals surface area (Å²) in [6, 6.07) is 18.8. The zero-order valence-electron chi connectivity index (χ0n) is 18.3. The van der Waals surface area contributed by atoms with Crippen molar-refractivity contribution in [1.29, 1.82) is 0 Å². The van der Waals surface area contributed by atoms with Crippen LogP contribution in [0.3, 0.4) is 0 Å².